The van der Waals surface area contributed by atoms with Crippen LogP contribution in [0.15, 0.2) is 12.4 Å². The number of aromatic nitrogens is 2. The number of piperidine rings is 1. The van der Waals surface area contributed by atoms with Crippen molar-refractivity contribution in [3.63, 3.8) is 0 Å². The lowest BCUT2D eigenvalue weighted by Crippen LogP contribution is -2.37. The first-order valence-electron chi connectivity index (χ1n) is 6.68. The highest BCUT2D eigenvalue weighted by Crippen LogP contribution is 2.22. The van der Waals surface area contributed by atoms with E-state index in [4.69, 9.17) is 4.74 Å². The van der Waals surface area contributed by atoms with Crippen LogP contribution in [0.4, 0.5) is 5.82 Å². The van der Waals surface area contributed by atoms with Crippen molar-refractivity contribution in [2.75, 3.05) is 38.2 Å². The Morgan fingerprint density at radius 1 is 1.39 bits per heavy atom. The summed E-state index contributed by atoms with van der Waals surface area (Å²) in [7, 11) is 2.02. The van der Waals surface area contributed by atoms with E-state index in [2.05, 4.69) is 20.2 Å². The van der Waals surface area contributed by atoms with Gasteiger partial charge in [-0.15, -0.1) is 0 Å². The minimum atomic E-state index is 0.618. The number of nitrogens with zero attached hydrogens (tertiary/aromatic N) is 3. The predicted molar refractivity (Wildman–Crippen MR) is 72.1 cm³/mol. The number of nitrogens with one attached hydrogen (secondary N) is 1. The molecule has 1 N–H and O–H groups in total. The molecule has 100 valence electrons. The SMILES string of the molecule is CCOc1cncc(N2CCC(CNC)CC2)n1. The van der Waals surface area contributed by atoms with Gasteiger partial charge in [0.1, 0.15) is 0 Å². The lowest BCUT2D eigenvalue weighted by molar-refractivity contribution is 0.324. The zero-order chi connectivity index (χ0) is 12.8. The Balaban J connectivity index is 1.94. The molecule has 1 fully saturated rings. The minimum absolute atomic E-state index is 0.618. The van der Waals surface area contributed by atoms with Crippen LogP contribution in [0.5, 0.6) is 5.88 Å². The van der Waals surface area contributed by atoms with Gasteiger partial charge in [0.2, 0.25) is 5.88 Å². The maximum absolute atomic E-state index is 5.39. The van der Waals surface area contributed by atoms with Gasteiger partial charge in [-0.1, -0.05) is 0 Å². The van der Waals surface area contributed by atoms with Crippen molar-refractivity contribution in [3.05, 3.63) is 12.4 Å². The number of hydrogen-bond acceptors (Lipinski definition) is 5. The van der Waals surface area contributed by atoms with E-state index in [1.54, 1.807) is 6.20 Å². The highest BCUT2D eigenvalue weighted by molar-refractivity contribution is 5.37. The zero-order valence-corrected chi connectivity index (χ0v) is 11.2. The van der Waals surface area contributed by atoms with Gasteiger partial charge in [0, 0.05) is 13.1 Å². The third kappa shape index (κ3) is 3.32. The first-order chi connectivity index (χ1) is 8.83. The van der Waals surface area contributed by atoms with Crippen molar-refractivity contribution in [2.45, 2.75) is 19.8 Å². The average molecular weight is 250 g/mol. The summed E-state index contributed by atoms with van der Waals surface area (Å²) >= 11 is 0. The molecule has 1 aliphatic rings. The molecule has 18 heavy (non-hydrogen) atoms. The molecule has 0 atom stereocenters. The average Bonchev–Trinajstić information content (AvgIpc) is 2.41. The molecule has 1 aromatic heterocycles. The lowest BCUT2D eigenvalue weighted by atomic mass is 9.97. The molecule has 1 aliphatic heterocycles. The van der Waals surface area contributed by atoms with Crippen molar-refractivity contribution in [3.8, 4) is 5.88 Å². The molecule has 0 radical (unpaired) electrons. The normalized spacial score (nSPS) is 16.9. The Bertz CT molecular complexity index is 364. The number of ether oxygens (including phenoxy) is 1. The van der Waals surface area contributed by atoms with Crippen molar-refractivity contribution < 1.29 is 4.74 Å². The van der Waals surface area contributed by atoms with E-state index < -0.39 is 0 Å². The zero-order valence-electron chi connectivity index (χ0n) is 11.2. The van der Waals surface area contributed by atoms with E-state index >= 15 is 0 Å². The fourth-order valence-electron chi connectivity index (χ4n) is 2.36. The Hall–Kier alpha value is -1.36. The number of hydrogen-bond donors (Lipinski definition) is 1. The van der Waals surface area contributed by atoms with Crippen molar-refractivity contribution >= 4 is 5.82 Å². The van der Waals surface area contributed by atoms with Crippen molar-refractivity contribution in [1.29, 1.82) is 0 Å². The predicted octanol–water partition coefficient (Wildman–Crippen LogP) is 1.31. The summed E-state index contributed by atoms with van der Waals surface area (Å²) in [5, 5.41) is 3.25. The van der Waals surface area contributed by atoms with Crippen LogP contribution in [0.2, 0.25) is 0 Å². The summed E-state index contributed by atoms with van der Waals surface area (Å²) in [6.45, 7) is 5.80. The standard InChI is InChI=1S/C13H22N4O/c1-3-18-13-10-15-9-12(16-13)17-6-4-11(5-7-17)8-14-2/h9-11,14H,3-8H2,1-2H3. The van der Waals surface area contributed by atoms with Gasteiger partial charge >= 0.3 is 0 Å². The maximum Gasteiger partial charge on any atom is 0.234 e. The van der Waals surface area contributed by atoms with Gasteiger partial charge in [0.05, 0.1) is 19.0 Å². The molecule has 0 aliphatic carbocycles. The smallest absolute Gasteiger partial charge is 0.234 e. The van der Waals surface area contributed by atoms with Gasteiger partial charge in [-0.05, 0) is 39.3 Å². The highest BCUT2D eigenvalue weighted by Gasteiger charge is 2.19. The van der Waals surface area contributed by atoms with Crippen LogP contribution in [0.25, 0.3) is 0 Å². The molecule has 2 rings (SSSR count). The first-order valence-corrected chi connectivity index (χ1v) is 6.68. The van der Waals surface area contributed by atoms with Crippen LogP contribution < -0.4 is 15.0 Å². The van der Waals surface area contributed by atoms with E-state index in [-0.39, 0.29) is 0 Å². The van der Waals surface area contributed by atoms with Gasteiger partial charge in [0.25, 0.3) is 0 Å². The Kier molecular flexibility index (Phi) is 4.75. The van der Waals surface area contributed by atoms with E-state index in [1.807, 2.05) is 20.2 Å². The summed E-state index contributed by atoms with van der Waals surface area (Å²) in [5.41, 5.74) is 0. The summed E-state index contributed by atoms with van der Waals surface area (Å²) in [6, 6.07) is 0. The van der Waals surface area contributed by atoms with Crippen LogP contribution in [0.1, 0.15) is 19.8 Å². The van der Waals surface area contributed by atoms with E-state index in [1.165, 1.54) is 12.8 Å². The topological polar surface area (TPSA) is 50.3 Å². The molecular weight excluding hydrogens is 228 g/mol. The second kappa shape index (κ2) is 6.54. The molecule has 0 bridgehead atoms. The summed E-state index contributed by atoms with van der Waals surface area (Å²) in [5.74, 6) is 2.34. The summed E-state index contributed by atoms with van der Waals surface area (Å²) < 4.78 is 5.39. The molecule has 2 heterocycles. The molecule has 5 nitrogen and oxygen atoms in total. The van der Waals surface area contributed by atoms with Crippen LogP contribution in [-0.2, 0) is 0 Å². The second-order valence-corrected chi connectivity index (χ2v) is 4.64. The maximum atomic E-state index is 5.39. The highest BCUT2D eigenvalue weighted by atomic mass is 16.5. The van der Waals surface area contributed by atoms with Crippen LogP contribution in [-0.4, -0.2) is 43.3 Å². The molecule has 0 saturated carbocycles. The van der Waals surface area contributed by atoms with Gasteiger partial charge < -0.3 is 15.0 Å². The second-order valence-electron chi connectivity index (χ2n) is 4.64. The molecular formula is C13H22N4O. The van der Waals surface area contributed by atoms with Crippen LogP contribution >= 0.6 is 0 Å². The Morgan fingerprint density at radius 2 is 2.17 bits per heavy atom. The Labute approximate surface area is 109 Å². The lowest BCUT2D eigenvalue weighted by Gasteiger charge is -2.32. The van der Waals surface area contributed by atoms with E-state index in [0.717, 1.165) is 31.4 Å². The summed E-state index contributed by atoms with van der Waals surface area (Å²) in [6.07, 6.45) is 5.91. The third-order valence-corrected chi connectivity index (χ3v) is 3.32. The van der Waals surface area contributed by atoms with Gasteiger partial charge in [-0.2, -0.15) is 4.98 Å². The quantitative estimate of drug-likeness (QED) is 0.854. The molecule has 0 unspecified atom stereocenters. The fourth-order valence-corrected chi connectivity index (χ4v) is 2.36. The summed E-state index contributed by atoms with van der Waals surface area (Å²) in [4.78, 5) is 11.0. The van der Waals surface area contributed by atoms with E-state index in [9.17, 15) is 0 Å². The molecule has 5 heteroatoms. The van der Waals surface area contributed by atoms with Gasteiger partial charge in [0.15, 0.2) is 5.82 Å². The van der Waals surface area contributed by atoms with Crippen LogP contribution in [0.3, 0.4) is 0 Å². The number of anilines is 1. The first kappa shape index (κ1) is 13.1. The fraction of sp³-hybridized carbons (Fsp3) is 0.692. The van der Waals surface area contributed by atoms with Gasteiger partial charge in [-0.3, -0.25) is 4.98 Å². The minimum Gasteiger partial charge on any atom is -0.477 e. The molecule has 0 aromatic carbocycles. The molecule has 0 spiro atoms. The largest absolute Gasteiger partial charge is 0.477 e. The molecule has 1 aromatic rings. The molecule has 0 amide bonds. The number of rotatable bonds is 5. The van der Waals surface area contributed by atoms with Crippen molar-refractivity contribution in [2.24, 2.45) is 5.92 Å². The molecule has 1 saturated heterocycles. The third-order valence-electron chi connectivity index (χ3n) is 3.32. The van der Waals surface area contributed by atoms with Crippen molar-refractivity contribution in [1.82, 2.24) is 15.3 Å². The van der Waals surface area contributed by atoms with Gasteiger partial charge in [-0.25, -0.2) is 0 Å². The Morgan fingerprint density at radius 3 is 2.83 bits per heavy atom. The monoisotopic (exact) mass is 250 g/mol. The van der Waals surface area contributed by atoms with Crippen LogP contribution in [0, 0.1) is 5.92 Å². The van der Waals surface area contributed by atoms with E-state index in [0.29, 0.717) is 12.5 Å².